The molecule has 2 heterocycles. The van der Waals surface area contributed by atoms with Gasteiger partial charge in [-0.25, -0.2) is 9.97 Å². The second-order valence-corrected chi connectivity index (χ2v) is 7.94. The third-order valence-electron chi connectivity index (χ3n) is 5.61. The van der Waals surface area contributed by atoms with Gasteiger partial charge in [0.1, 0.15) is 0 Å². The summed E-state index contributed by atoms with van der Waals surface area (Å²) in [6.45, 7) is 4.66. The van der Waals surface area contributed by atoms with Crippen LogP contribution in [0.25, 0.3) is 22.0 Å². The van der Waals surface area contributed by atoms with Gasteiger partial charge in [0.2, 0.25) is 11.9 Å². The van der Waals surface area contributed by atoms with Gasteiger partial charge in [0.05, 0.1) is 30.1 Å². The van der Waals surface area contributed by atoms with Crippen molar-refractivity contribution in [2.75, 3.05) is 41.8 Å². The number of amides is 1. The van der Waals surface area contributed by atoms with E-state index < -0.39 is 0 Å². The van der Waals surface area contributed by atoms with Crippen molar-refractivity contribution in [3.05, 3.63) is 72.9 Å². The van der Waals surface area contributed by atoms with Crippen LogP contribution in [0.15, 0.2) is 72.9 Å². The summed E-state index contributed by atoms with van der Waals surface area (Å²) < 4.78 is 5.50. The maximum Gasteiger partial charge on any atom is 0.227 e. The summed E-state index contributed by atoms with van der Waals surface area (Å²) >= 11 is 0. The minimum absolute atomic E-state index is 0.0992. The van der Waals surface area contributed by atoms with E-state index >= 15 is 0 Å². The zero-order valence-electron chi connectivity index (χ0n) is 18.4. The van der Waals surface area contributed by atoms with Crippen LogP contribution >= 0.6 is 0 Å². The molecule has 0 aliphatic carbocycles. The van der Waals surface area contributed by atoms with E-state index in [0.717, 1.165) is 65.4 Å². The monoisotopic (exact) mass is 439 g/mol. The molecule has 7 nitrogen and oxygen atoms in total. The fourth-order valence-corrected chi connectivity index (χ4v) is 4.10. The zero-order chi connectivity index (χ0) is 22.6. The molecule has 1 saturated heterocycles. The fraction of sp³-hybridized carbons (Fsp3) is 0.192. The molecule has 7 heteroatoms. The molecule has 3 aromatic carbocycles. The van der Waals surface area contributed by atoms with E-state index in [9.17, 15) is 4.79 Å². The van der Waals surface area contributed by atoms with Crippen molar-refractivity contribution < 1.29 is 9.53 Å². The van der Waals surface area contributed by atoms with Crippen LogP contribution < -0.4 is 15.5 Å². The average molecular weight is 440 g/mol. The fourth-order valence-electron chi connectivity index (χ4n) is 4.10. The van der Waals surface area contributed by atoms with E-state index in [0.29, 0.717) is 5.95 Å². The number of ether oxygens (including phenoxy) is 1. The summed E-state index contributed by atoms with van der Waals surface area (Å²) in [7, 11) is 0. The van der Waals surface area contributed by atoms with Gasteiger partial charge in [-0.05, 0) is 29.8 Å². The predicted molar refractivity (Wildman–Crippen MR) is 132 cm³/mol. The Morgan fingerprint density at radius 1 is 1.00 bits per heavy atom. The summed E-state index contributed by atoms with van der Waals surface area (Å²) in [5.74, 6) is 0.437. The van der Waals surface area contributed by atoms with Crippen molar-refractivity contribution in [1.82, 2.24) is 9.97 Å². The maximum atomic E-state index is 11.5. The number of anilines is 4. The van der Waals surface area contributed by atoms with Crippen LogP contribution in [0.3, 0.4) is 0 Å². The summed E-state index contributed by atoms with van der Waals surface area (Å²) in [6.07, 6.45) is 1.84. The molecule has 0 atom stereocenters. The second kappa shape index (κ2) is 9.26. The minimum Gasteiger partial charge on any atom is -0.378 e. The summed E-state index contributed by atoms with van der Waals surface area (Å²) in [4.78, 5) is 23.2. The lowest BCUT2D eigenvalue weighted by Crippen LogP contribution is -2.36. The van der Waals surface area contributed by atoms with E-state index in [1.54, 1.807) is 0 Å². The van der Waals surface area contributed by atoms with Crippen LogP contribution in [0, 0.1) is 0 Å². The number of carbonyl (C=O) groups excluding carboxylic acids is 1. The molecule has 4 aromatic rings. The van der Waals surface area contributed by atoms with Crippen LogP contribution in [-0.2, 0) is 9.53 Å². The first-order chi connectivity index (χ1) is 16.2. The van der Waals surface area contributed by atoms with Crippen LogP contribution in [0.5, 0.6) is 0 Å². The topological polar surface area (TPSA) is 79.4 Å². The van der Waals surface area contributed by atoms with Gasteiger partial charge in [0.25, 0.3) is 0 Å². The Balaban J connectivity index is 1.51. The number of fused-ring (bicyclic) bond motifs is 1. The number of carbonyl (C=O) groups is 1. The molecular formula is C26H25N5O2. The number of para-hydroxylation sites is 3. The molecule has 0 radical (unpaired) electrons. The molecule has 0 spiro atoms. The molecule has 2 N–H and O–H groups in total. The van der Waals surface area contributed by atoms with Crippen molar-refractivity contribution in [2.24, 2.45) is 0 Å². The summed E-state index contributed by atoms with van der Waals surface area (Å²) in [5.41, 5.74) is 5.63. The average Bonchev–Trinajstić information content (AvgIpc) is 2.84. The van der Waals surface area contributed by atoms with Gasteiger partial charge in [-0.3, -0.25) is 4.79 Å². The molecule has 1 aliphatic heterocycles. The third kappa shape index (κ3) is 4.63. The second-order valence-electron chi connectivity index (χ2n) is 7.94. The normalized spacial score (nSPS) is 13.7. The van der Waals surface area contributed by atoms with Gasteiger partial charge < -0.3 is 20.3 Å². The standard InChI is InChI=1S/C26H25N5O2/c1-18(32)28-21-8-4-6-19(16-21)22-9-5-7-20-17-27-26(30-25(20)22)29-23-10-2-3-11-24(23)31-12-14-33-15-13-31/h2-11,16-17H,12-15H2,1H3,(H,28,32)(H,27,29,30). The number of hydrogen-bond donors (Lipinski definition) is 2. The van der Waals surface area contributed by atoms with Crippen molar-refractivity contribution >= 4 is 39.8 Å². The first-order valence-corrected chi connectivity index (χ1v) is 11.0. The summed E-state index contributed by atoms with van der Waals surface area (Å²) in [5, 5.41) is 7.21. The first-order valence-electron chi connectivity index (χ1n) is 11.0. The number of hydrogen-bond acceptors (Lipinski definition) is 6. The van der Waals surface area contributed by atoms with Crippen LogP contribution in [-0.4, -0.2) is 42.2 Å². The zero-order valence-corrected chi connectivity index (χ0v) is 18.4. The lowest BCUT2D eigenvalue weighted by atomic mass is 10.0. The molecular weight excluding hydrogens is 414 g/mol. The Hall–Kier alpha value is -3.97. The highest BCUT2D eigenvalue weighted by Gasteiger charge is 2.15. The predicted octanol–water partition coefficient (Wildman–Crippen LogP) is 4.84. The quantitative estimate of drug-likeness (QED) is 0.463. The van der Waals surface area contributed by atoms with Gasteiger partial charge in [0.15, 0.2) is 0 Å². The molecule has 5 rings (SSSR count). The Kier molecular flexibility index (Phi) is 5.87. The first kappa shape index (κ1) is 20.9. The van der Waals surface area contributed by atoms with Gasteiger partial charge in [0, 0.05) is 42.8 Å². The van der Waals surface area contributed by atoms with Crippen molar-refractivity contribution in [3.63, 3.8) is 0 Å². The SMILES string of the molecule is CC(=O)Nc1cccc(-c2cccc3cnc(Nc4ccccc4N4CCOCC4)nc23)c1. The Morgan fingerprint density at radius 2 is 1.82 bits per heavy atom. The highest BCUT2D eigenvalue weighted by Crippen LogP contribution is 2.32. The highest BCUT2D eigenvalue weighted by molar-refractivity contribution is 5.95. The van der Waals surface area contributed by atoms with Crippen molar-refractivity contribution in [1.29, 1.82) is 0 Å². The Bertz CT molecular complexity index is 1300. The van der Waals surface area contributed by atoms with Gasteiger partial charge in [-0.2, -0.15) is 0 Å². The maximum absolute atomic E-state index is 11.5. The molecule has 166 valence electrons. The molecule has 33 heavy (non-hydrogen) atoms. The lowest BCUT2D eigenvalue weighted by molar-refractivity contribution is -0.114. The van der Waals surface area contributed by atoms with Gasteiger partial charge in [-0.1, -0.05) is 42.5 Å². The minimum atomic E-state index is -0.0992. The number of rotatable bonds is 5. The molecule has 0 unspecified atom stereocenters. The number of nitrogens with one attached hydrogen (secondary N) is 2. The van der Waals surface area contributed by atoms with Crippen LogP contribution in [0.4, 0.5) is 23.0 Å². The number of morpholine rings is 1. The molecule has 1 fully saturated rings. The smallest absolute Gasteiger partial charge is 0.227 e. The van der Waals surface area contributed by atoms with E-state index in [-0.39, 0.29) is 5.91 Å². The van der Waals surface area contributed by atoms with Gasteiger partial charge in [-0.15, -0.1) is 0 Å². The number of nitrogens with zero attached hydrogens (tertiary/aromatic N) is 3. The van der Waals surface area contributed by atoms with E-state index in [1.807, 2.05) is 66.9 Å². The highest BCUT2D eigenvalue weighted by atomic mass is 16.5. The van der Waals surface area contributed by atoms with Crippen LogP contribution in [0.2, 0.25) is 0 Å². The van der Waals surface area contributed by atoms with Crippen LogP contribution in [0.1, 0.15) is 6.92 Å². The van der Waals surface area contributed by atoms with E-state index in [2.05, 4.69) is 26.6 Å². The van der Waals surface area contributed by atoms with Crippen molar-refractivity contribution in [3.8, 4) is 11.1 Å². The van der Waals surface area contributed by atoms with Crippen molar-refractivity contribution in [2.45, 2.75) is 6.92 Å². The van der Waals surface area contributed by atoms with E-state index in [1.165, 1.54) is 6.92 Å². The molecule has 1 amide bonds. The van der Waals surface area contributed by atoms with Gasteiger partial charge >= 0.3 is 0 Å². The number of aromatic nitrogens is 2. The van der Waals surface area contributed by atoms with E-state index in [4.69, 9.17) is 9.72 Å². The largest absolute Gasteiger partial charge is 0.378 e. The lowest BCUT2D eigenvalue weighted by Gasteiger charge is -2.30. The molecule has 0 bridgehead atoms. The Morgan fingerprint density at radius 3 is 2.67 bits per heavy atom. The summed E-state index contributed by atoms with van der Waals surface area (Å²) in [6, 6.07) is 22.0. The Labute approximate surface area is 192 Å². The molecule has 0 saturated carbocycles. The molecule has 1 aromatic heterocycles. The third-order valence-corrected chi connectivity index (χ3v) is 5.61. The number of benzene rings is 3. The molecule has 1 aliphatic rings.